The monoisotopic (exact) mass is 351 g/mol. The summed E-state index contributed by atoms with van der Waals surface area (Å²) in [4.78, 5) is 15.7. The van der Waals surface area contributed by atoms with Crippen molar-refractivity contribution in [3.63, 3.8) is 0 Å². The number of ether oxygens (including phenoxy) is 1. The highest BCUT2D eigenvalue weighted by molar-refractivity contribution is 5.82. The Morgan fingerprint density at radius 2 is 2.00 bits per heavy atom. The van der Waals surface area contributed by atoms with Gasteiger partial charge in [0.2, 0.25) is 5.91 Å². The zero-order chi connectivity index (χ0) is 17.7. The molecule has 0 aliphatic carbocycles. The fourth-order valence-electron chi connectivity index (χ4n) is 3.59. The Morgan fingerprint density at radius 3 is 2.58 bits per heavy atom. The Balaban J connectivity index is 1.81. The minimum absolute atomic E-state index is 0.0664. The number of likely N-dealkylation sites (tertiary alicyclic amines) is 1. The molecule has 8 heteroatoms. The fourth-order valence-corrected chi connectivity index (χ4v) is 3.59. The van der Waals surface area contributed by atoms with E-state index in [2.05, 4.69) is 0 Å². The van der Waals surface area contributed by atoms with E-state index in [1.807, 2.05) is 0 Å². The maximum atomic E-state index is 12.6. The van der Waals surface area contributed by atoms with Gasteiger partial charge in [-0.1, -0.05) is 6.92 Å². The number of carbonyl (C=O) groups is 1. The predicted octanol–water partition coefficient (Wildman–Crippen LogP) is 1.47. The summed E-state index contributed by atoms with van der Waals surface area (Å²) in [5.74, 6) is 0.157. The largest absolute Gasteiger partial charge is 0.401 e. The molecule has 2 atom stereocenters. The summed E-state index contributed by atoms with van der Waals surface area (Å²) in [5.41, 5.74) is 6.12. The van der Waals surface area contributed by atoms with E-state index in [-0.39, 0.29) is 17.7 Å². The number of halogens is 3. The smallest absolute Gasteiger partial charge is 0.381 e. The van der Waals surface area contributed by atoms with Crippen LogP contribution < -0.4 is 5.73 Å². The molecule has 1 amide bonds. The molecule has 140 valence electrons. The lowest BCUT2D eigenvalue weighted by molar-refractivity contribution is -0.147. The summed E-state index contributed by atoms with van der Waals surface area (Å²) in [6.45, 7) is 3.92. The van der Waals surface area contributed by atoms with Gasteiger partial charge in [0.15, 0.2) is 0 Å². The molecule has 24 heavy (non-hydrogen) atoms. The molecule has 2 unspecified atom stereocenters. The van der Waals surface area contributed by atoms with Gasteiger partial charge in [0.25, 0.3) is 0 Å². The first-order valence-corrected chi connectivity index (χ1v) is 8.71. The third kappa shape index (κ3) is 5.60. The number of alkyl halides is 3. The van der Waals surface area contributed by atoms with Crippen LogP contribution in [0, 0.1) is 11.8 Å². The number of nitrogens with zero attached hydrogens (tertiary/aromatic N) is 2. The van der Waals surface area contributed by atoms with Crippen molar-refractivity contribution in [2.45, 2.75) is 38.4 Å². The number of amides is 1. The van der Waals surface area contributed by atoms with Crippen LogP contribution in [0.2, 0.25) is 0 Å². The molecule has 2 heterocycles. The summed E-state index contributed by atoms with van der Waals surface area (Å²) in [6, 6.07) is -0.523. The molecule has 5 nitrogen and oxygen atoms in total. The second-order valence-corrected chi connectivity index (χ2v) is 6.86. The first kappa shape index (κ1) is 19.5. The Hall–Kier alpha value is -0.860. The molecular weight excluding hydrogens is 323 g/mol. The van der Waals surface area contributed by atoms with Gasteiger partial charge in [-0.05, 0) is 37.6 Å². The van der Waals surface area contributed by atoms with Crippen molar-refractivity contribution in [1.29, 1.82) is 0 Å². The second-order valence-electron chi connectivity index (χ2n) is 6.86. The Labute approximate surface area is 141 Å². The van der Waals surface area contributed by atoms with E-state index < -0.39 is 18.8 Å². The standard InChI is InChI=1S/C16H28F3N3O2/c1-2-21(11-16(17,18)19)9-12-3-6-22(10-12)15(23)14(20)13-4-7-24-8-5-13/h12-14H,2-11,20H2,1H3. The molecule has 0 saturated carbocycles. The SMILES string of the molecule is CCN(CC1CCN(C(=O)C(N)C2CCOCC2)C1)CC(F)(F)F. The predicted molar refractivity (Wildman–Crippen MR) is 84.4 cm³/mol. The first-order valence-electron chi connectivity index (χ1n) is 8.71. The fraction of sp³-hybridized carbons (Fsp3) is 0.938. The third-order valence-corrected chi connectivity index (χ3v) is 5.02. The minimum atomic E-state index is -4.18. The van der Waals surface area contributed by atoms with Gasteiger partial charge < -0.3 is 15.4 Å². The average Bonchev–Trinajstić information content (AvgIpc) is 3.01. The summed E-state index contributed by atoms with van der Waals surface area (Å²) in [6.07, 6.45) is -1.87. The van der Waals surface area contributed by atoms with Crippen molar-refractivity contribution >= 4 is 5.91 Å². The molecule has 0 aromatic carbocycles. The molecule has 2 rings (SSSR count). The summed E-state index contributed by atoms with van der Waals surface area (Å²) >= 11 is 0. The molecule has 0 bridgehead atoms. The molecule has 2 fully saturated rings. The van der Waals surface area contributed by atoms with E-state index in [1.165, 1.54) is 4.90 Å². The normalized spacial score (nSPS) is 24.6. The van der Waals surface area contributed by atoms with Crippen molar-refractivity contribution < 1.29 is 22.7 Å². The molecule has 2 N–H and O–H groups in total. The second kappa shape index (κ2) is 8.49. The van der Waals surface area contributed by atoms with E-state index >= 15 is 0 Å². The van der Waals surface area contributed by atoms with Crippen molar-refractivity contribution in [3.8, 4) is 0 Å². The Kier molecular flexibility index (Phi) is 6.88. The molecule has 0 aromatic heterocycles. The molecule has 0 spiro atoms. The van der Waals surface area contributed by atoms with Crippen LogP contribution in [0.15, 0.2) is 0 Å². The first-order chi connectivity index (χ1) is 11.3. The minimum Gasteiger partial charge on any atom is -0.381 e. The number of carbonyl (C=O) groups excluding carboxylic acids is 1. The highest BCUT2D eigenvalue weighted by Gasteiger charge is 2.36. The highest BCUT2D eigenvalue weighted by Crippen LogP contribution is 2.24. The van der Waals surface area contributed by atoms with Crippen molar-refractivity contribution in [2.75, 3.05) is 45.9 Å². The molecular formula is C16H28F3N3O2. The van der Waals surface area contributed by atoms with E-state index in [0.29, 0.717) is 39.4 Å². The molecule has 0 aromatic rings. The lowest BCUT2D eigenvalue weighted by atomic mass is 9.91. The average molecular weight is 351 g/mol. The van der Waals surface area contributed by atoms with Gasteiger partial charge in [-0.25, -0.2) is 0 Å². The zero-order valence-corrected chi connectivity index (χ0v) is 14.2. The van der Waals surface area contributed by atoms with Gasteiger partial charge in [0.05, 0.1) is 12.6 Å². The Morgan fingerprint density at radius 1 is 1.33 bits per heavy atom. The van der Waals surface area contributed by atoms with Gasteiger partial charge in [-0.15, -0.1) is 0 Å². The third-order valence-electron chi connectivity index (χ3n) is 5.02. The van der Waals surface area contributed by atoms with E-state index in [4.69, 9.17) is 10.5 Å². The number of rotatable bonds is 6. The zero-order valence-electron chi connectivity index (χ0n) is 14.2. The molecule has 2 aliphatic heterocycles. The van der Waals surface area contributed by atoms with Crippen LogP contribution in [0.25, 0.3) is 0 Å². The maximum absolute atomic E-state index is 12.6. The van der Waals surface area contributed by atoms with Crippen molar-refractivity contribution in [3.05, 3.63) is 0 Å². The van der Waals surface area contributed by atoms with E-state index in [1.54, 1.807) is 11.8 Å². The number of hydrogen-bond acceptors (Lipinski definition) is 4. The van der Waals surface area contributed by atoms with Crippen LogP contribution in [-0.4, -0.2) is 73.9 Å². The number of nitrogens with two attached hydrogens (primary N) is 1. The van der Waals surface area contributed by atoms with E-state index in [0.717, 1.165) is 19.3 Å². The quantitative estimate of drug-likeness (QED) is 0.787. The Bertz CT molecular complexity index is 414. The summed E-state index contributed by atoms with van der Waals surface area (Å²) in [7, 11) is 0. The lowest BCUT2D eigenvalue weighted by Crippen LogP contribution is -2.48. The van der Waals surface area contributed by atoms with Gasteiger partial charge in [-0.3, -0.25) is 9.69 Å². The van der Waals surface area contributed by atoms with Crippen molar-refractivity contribution in [2.24, 2.45) is 17.6 Å². The van der Waals surface area contributed by atoms with Crippen LogP contribution >= 0.6 is 0 Å². The molecule has 0 radical (unpaired) electrons. The lowest BCUT2D eigenvalue weighted by Gasteiger charge is -2.30. The van der Waals surface area contributed by atoms with Crippen LogP contribution in [0.4, 0.5) is 13.2 Å². The van der Waals surface area contributed by atoms with Gasteiger partial charge in [0.1, 0.15) is 0 Å². The van der Waals surface area contributed by atoms with Crippen LogP contribution in [0.1, 0.15) is 26.2 Å². The van der Waals surface area contributed by atoms with E-state index in [9.17, 15) is 18.0 Å². The van der Waals surface area contributed by atoms with Crippen LogP contribution in [0.3, 0.4) is 0 Å². The number of hydrogen-bond donors (Lipinski definition) is 1. The summed E-state index contributed by atoms with van der Waals surface area (Å²) < 4.78 is 42.9. The van der Waals surface area contributed by atoms with Crippen molar-refractivity contribution in [1.82, 2.24) is 9.80 Å². The summed E-state index contributed by atoms with van der Waals surface area (Å²) in [5, 5.41) is 0. The van der Waals surface area contributed by atoms with Crippen LogP contribution in [-0.2, 0) is 9.53 Å². The van der Waals surface area contributed by atoms with Gasteiger partial charge in [0, 0.05) is 32.8 Å². The van der Waals surface area contributed by atoms with Gasteiger partial charge >= 0.3 is 6.18 Å². The molecule has 2 saturated heterocycles. The van der Waals surface area contributed by atoms with Gasteiger partial charge in [-0.2, -0.15) is 13.2 Å². The molecule has 2 aliphatic rings. The topological polar surface area (TPSA) is 58.8 Å². The highest BCUT2D eigenvalue weighted by atomic mass is 19.4. The van der Waals surface area contributed by atoms with Crippen LogP contribution in [0.5, 0.6) is 0 Å². The maximum Gasteiger partial charge on any atom is 0.401 e.